The number of hydrogen-bond donors (Lipinski definition) is 2. The molecule has 0 atom stereocenters. The van der Waals surface area contributed by atoms with Crippen LogP contribution in [0.3, 0.4) is 0 Å². The normalized spacial score (nSPS) is 11.3. The number of halogens is 1. The number of aryl methyl sites for hydroxylation is 1. The largest absolute Gasteiger partial charge is 0.357 e. The molecular weight excluding hydrogens is 370 g/mol. The fourth-order valence-electron chi connectivity index (χ4n) is 2.34. The minimum atomic E-state index is -0.0975. The summed E-state index contributed by atoms with van der Waals surface area (Å²) in [5, 5.41) is 6.88. The predicted molar refractivity (Wildman–Crippen MR) is 108 cm³/mol. The number of rotatable bonds is 7. The summed E-state index contributed by atoms with van der Waals surface area (Å²) in [4.78, 5) is 23.4. The highest BCUT2D eigenvalue weighted by molar-refractivity contribution is 7.11. The third-order valence-electron chi connectivity index (χ3n) is 3.64. The highest BCUT2D eigenvalue weighted by Gasteiger charge is 2.11. The van der Waals surface area contributed by atoms with Crippen molar-refractivity contribution in [1.82, 2.24) is 20.5 Å². The standard InChI is InChI=1S/C18H24ClN5OS/c1-4-20-18(24(3)11-14-5-7-15(19)8-6-14)22-10-9-21-17(25)16-13(2)23-12-26-16/h5-8,12H,4,9-11H2,1-3H3,(H,20,22)(H,21,25). The topological polar surface area (TPSA) is 69.6 Å². The number of guanidine groups is 1. The van der Waals surface area contributed by atoms with Crippen LogP contribution < -0.4 is 10.6 Å². The number of thiazole rings is 1. The van der Waals surface area contributed by atoms with Gasteiger partial charge in [-0.2, -0.15) is 0 Å². The molecule has 0 radical (unpaired) electrons. The Morgan fingerprint density at radius 3 is 2.65 bits per heavy atom. The van der Waals surface area contributed by atoms with Crippen LogP contribution in [0.1, 0.15) is 27.9 Å². The fourth-order valence-corrected chi connectivity index (χ4v) is 3.18. The van der Waals surface area contributed by atoms with Gasteiger partial charge in [0, 0.05) is 31.7 Å². The number of aromatic nitrogens is 1. The lowest BCUT2D eigenvalue weighted by molar-refractivity contribution is 0.0958. The molecule has 2 N–H and O–H groups in total. The molecule has 0 bridgehead atoms. The van der Waals surface area contributed by atoms with E-state index in [-0.39, 0.29) is 5.91 Å². The molecule has 1 aromatic heterocycles. The van der Waals surface area contributed by atoms with Gasteiger partial charge in [-0.3, -0.25) is 9.79 Å². The van der Waals surface area contributed by atoms with Crippen molar-refractivity contribution in [3.05, 3.63) is 50.9 Å². The van der Waals surface area contributed by atoms with E-state index in [1.54, 1.807) is 5.51 Å². The maximum Gasteiger partial charge on any atom is 0.263 e. The van der Waals surface area contributed by atoms with Crippen molar-refractivity contribution in [2.45, 2.75) is 20.4 Å². The van der Waals surface area contributed by atoms with E-state index in [2.05, 4.69) is 20.6 Å². The van der Waals surface area contributed by atoms with Crippen LogP contribution >= 0.6 is 22.9 Å². The van der Waals surface area contributed by atoms with Crippen LogP contribution in [-0.2, 0) is 6.54 Å². The first kappa shape index (κ1) is 20.2. The van der Waals surface area contributed by atoms with Crippen LogP contribution in [0, 0.1) is 6.92 Å². The summed E-state index contributed by atoms with van der Waals surface area (Å²) in [5.41, 5.74) is 3.58. The van der Waals surface area contributed by atoms with Crippen LogP contribution in [0.4, 0.5) is 0 Å². The van der Waals surface area contributed by atoms with E-state index in [9.17, 15) is 4.79 Å². The summed E-state index contributed by atoms with van der Waals surface area (Å²) in [6, 6.07) is 7.76. The van der Waals surface area contributed by atoms with Gasteiger partial charge in [-0.1, -0.05) is 23.7 Å². The van der Waals surface area contributed by atoms with Gasteiger partial charge >= 0.3 is 0 Å². The number of nitrogens with zero attached hydrogens (tertiary/aromatic N) is 3. The van der Waals surface area contributed by atoms with Crippen molar-refractivity contribution < 1.29 is 4.79 Å². The summed E-state index contributed by atoms with van der Waals surface area (Å²) >= 11 is 7.28. The van der Waals surface area contributed by atoms with Crippen molar-refractivity contribution in [3.63, 3.8) is 0 Å². The molecule has 0 saturated carbocycles. The first-order chi connectivity index (χ1) is 12.5. The molecule has 1 amide bonds. The second-order valence-corrected chi connectivity index (χ2v) is 7.03. The van der Waals surface area contributed by atoms with Crippen molar-refractivity contribution in [2.75, 3.05) is 26.7 Å². The number of carbonyl (C=O) groups excluding carboxylic acids is 1. The quantitative estimate of drug-likeness (QED) is 0.431. The zero-order chi connectivity index (χ0) is 18.9. The van der Waals surface area contributed by atoms with E-state index in [1.165, 1.54) is 11.3 Å². The molecule has 1 aromatic carbocycles. The van der Waals surface area contributed by atoms with Gasteiger partial charge in [-0.25, -0.2) is 4.98 Å². The van der Waals surface area contributed by atoms with Gasteiger partial charge < -0.3 is 15.5 Å². The number of aliphatic imine (C=N–C) groups is 1. The maximum absolute atomic E-state index is 12.1. The highest BCUT2D eigenvalue weighted by atomic mass is 35.5. The van der Waals surface area contributed by atoms with Gasteiger partial charge in [0.1, 0.15) is 4.88 Å². The van der Waals surface area contributed by atoms with Crippen molar-refractivity contribution in [2.24, 2.45) is 4.99 Å². The Labute approximate surface area is 163 Å². The van der Waals surface area contributed by atoms with Crippen LogP contribution in [0.5, 0.6) is 0 Å². The molecule has 0 saturated heterocycles. The minimum absolute atomic E-state index is 0.0975. The van der Waals surface area contributed by atoms with Crippen molar-refractivity contribution in [3.8, 4) is 0 Å². The zero-order valence-corrected chi connectivity index (χ0v) is 16.8. The summed E-state index contributed by atoms with van der Waals surface area (Å²) in [7, 11) is 1.98. The second-order valence-electron chi connectivity index (χ2n) is 5.74. The molecule has 0 spiro atoms. The zero-order valence-electron chi connectivity index (χ0n) is 15.3. The SMILES string of the molecule is CCNC(=NCCNC(=O)c1scnc1C)N(C)Cc1ccc(Cl)cc1. The Morgan fingerprint density at radius 2 is 2.04 bits per heavy atom. The van der Waals surface area contributed by atoms with E-state index in [4.69, 9.17) is 11.6 Å². The van der Waals surface area contributed by atoms with Crippen LogP contribution in [0.2, 0.25) is 5.02 Å². The molecule has 8 heteroatoms. The Balaban J connectivity index is 1.88. The third kappa shape index (κ3) is 6.00. The first-order valence-corrected chi connectivity index (χ1v) is 9.69. The Kier molecular flexibility index (Phi) is 7.87. The summed E-state index contributed by atoms with van der Waals surface area (Å²) in [5.74, 6) is 0.699. The van der Waals surface area contributed by atoms with Gasteiger partial charge in [0.15, 0.2) is 5.96 Å². The lowest BCUT2D eigenvalue weighted by atomic mass is 10.2. The molecule has 0 aliphatic rings. The Hall–Kier alpha value is -2.12. The summed E-state index contributed by atoms with van der Waals surface area (Å²) < 4.78 is 0. The molecule has 1 heterocycles. The average molecular weight is 394 g/mol. The lowest BCUT2D eigenvalue weighted by Gasteiger charge is -2.22. The molecule has 0 aliphatic carbocycles. The molecule has 0 aliphatic heterocycles. The van der Waals surface area contributed by atoms with E-state index in [0.717, 1.165) is 35.3 Å². The number of carbonyl (C=O) groups is 1. The van der Waals surface area contributed by atoms with E-state index >= 15 is 0 Å². The van der Waals surface area contributed by atoms with Gasteiger partial charge in [0.2, 0.25) is 0 Å². The van der Waals surface area contributed by atoms with Crippen molar-refractivity contribution in [1.29, 1.82) is 0 Å². The van der Waals surface area contributed by atoms with Gasteiger partial charge in [0.25, 0.3) is 5.91 Å². The molecule has 140 valence electrons. The lowest BCUT2D eigenvalue weighted by Crippen LogP contribution is -2.39. The smallest absolute Gasteiger partial charge is 0.263 e. The van der Waals surface area contributed by atoms with Gasteiger partial charge in [0.05, 0.1) is 17.7 Å². The predicted octanol–water partition coefficient (Wildman–Crippen LogP) is 2.93. The summed E-state index contributed by atoms with van der Waals surface area (Å²) in [6.45, 7) is 6.32. The number of nitrogens with one attached hydrogen (secondary N) is 2. The summed E-state index contributed by atoms with van der Waals surface area (Å²) in [6.07, 6.45) is 0. The number of benzene rings is 1. The number of hydrogen-bond acceptors (Lipinski definition) is 4. The maximum atomic E-state index is 12.1. The average Bonchev–Trinajstić information content (AvgIpc) is 3.05. The van der Waals surface area contributed by atoms with Gasteiger partial charge in [-0.05, 0) is 31.5 Å². The third-order valence-corrected chi connectivity index (χ3v) is 4.82. The fraction of sp³-hybridized carbons (Fsp3) is 0.389. The van der Waals surface area contributed by atoms with Crippen LogP contribution in [-0.4, -0.2) is 48.4 Å². The van der Waals surface area contributed by atoms with E-state index < -0.39 is 0 Å². The molecule has 2 rings (SSSR count). The molecule has 6 nitrogen and oxygen atoms in total. The highest BCUT2D eigenvalue weighted by Crippen LogP contribution is 2.12. The molecule has 0 fully saturated rings. The monoisotopic (exact) mass is 393 g/mol. The molecule has 26 heavy (non-hydrogen) atoms. The Bertz CT molecular complexity index is 744. The second kappa shape index (κ2) is 10.1. The molecular formula is C18H24ClN5OS. The van der Waals surface area contributed by atoms with Gasteiger partial charge in [-0.15, -0.1) is 11.3 Å². The van der Waals surface area contributed by atoms with Crippen LogP contribution in [0.25, 0.3) is 0 Å². The Morgan fingerprint density at radius 1 is 1.31 bits per heavy atom. The van der Waals surface area contributed by atoms with Crippen LogP contribution in [0.15, 0.2) is 34.8 Å². The van der Waals surface area contributed by atoms with E-state index in [1.807, 2.05) is 50.1 Å². The number of amides is 1. The first-order valence-electron chi connectivity index (χ1n) is 8.43. The minimum Gasteiger partial charge on any atom is -0.357 e. The molecule has 0 unspecified atom stereocenters. The molecule has 2 aromatic rings. The van der Waals surface area contributed by atoms with E-state index in [0.29, 0.717) is 18.0 Å². The van der Waals surface area contributed by atoms with Crippen molar-refractivity contribution >= 4 is 34.8 Å².